The molecule has 0 fully saturated rings. The summed E-state index contributed by atoms with van der Waals surface area (Å²) >= 11 is 0. The van der Waals surface area contributed by atoms with Crippen LogP contribution in [0.5, 0.6) is 11.5 Å². The fraction of sp³-hybridized carbons (Fsp3) is 0.500. The Balaban J connectivity index is 2.02. The number of halogens is 1. The Morgan fingerprint density at radius 3 is 2.41 bits per heavy atom. The van der Waals surface area contributed by atoms with E-state index in [0.29, 0.717) is 19.6 Å². The van der Waals surface area contributed by atoms with E-state index in [9.17, 15) is 18.8 Å². The Hall–Kier alpha value is -3.57. The average Bonchev–Trinajstić information content (AvgIpc) is 2.92. The van der Waals surface area contributed by atoms with Crippen molar-refractivity contribution in [3.63, 3.8) is 0 Å². The Bertz CT molecular complexity index is 1080. The minimum absolute atomic E-state index is 0.0115. The van der Waals surface area contributed by atoms with Gasteiger partial charge in [-0.3, -0.25) is 9.59 Å². The fourth-order valence-corrected chi connectivity index (χ4v) is 3.66. The molecule has 1 heterocycles. The van der Waals surface area contributed by atoms with E-state index >= 15 is 0 Å². The minimum Gasteiger partial charge on any atom is -0.493 e. The molecule has 0 spiro atoms. The maximum absolute atomic E-state index is 13.3. The van der Waals surface area contributed by atoms with Crippen LogP contribution < -0.4 is 9.47 Å². The van der Waals surface area contributed by atoms with Gasteiger partial charge in [-0.1, -0.05) is 19.1 Å². The second-order valence-corrected chi connectivity index (χ2v) is 8.82. The van der Waals surface area contributed by atoms with Crippen molar-refractivity contribution in [1.29, 1.82) is 0 Å². The number of benzene rings is 1. The number of Topliss-reactive ketones (excluding diaryl/α,β-unsaturated/α-hetero) is 1. The zero-order chi connectivity index (χ0) is 28.8. The number of pyridine rings is 1. The molecule has 0 bridgehead atoms. The van der Waals surface area contributed by atoms with Crippen LogP contribution in [0.25, 0.3) is 0 Å². The summed E-state index contributed by atoms with van der Waals surface area (Å²) in [4.78, 5) is 41.7. The molecule has 0 aliphatic heterocycles. The lowest BCUT2D eigenvalue weighted by Gasteiger charge is -2.25. The number of esters is 2. The molecule has 11 heteroatoms. The second kappa shape index (κ2) is 16.4. The van der Waals surface area contributed by atoms with Crippen molar-refractivity contribution in [2.24, 2.45) is 11.8 Å². The highest BCUT2D eigenvalue weighted by atomic mass is 19.1. The molecule has 39 heavy (non-hydrogen) atoms. The zero-order valence-electron chi connectivity index (χ0n) is 22.9. The largest absolute Gasteiger partial charge is 0.493 e. The minimum atomic E-state index is -0.793. The second-order valence-electron chi connectivity index (χ2n) is 8.82. The quantitative estimate of drug-likeness (QED) is 0.164. The number of rotatable bonds is 17. The van der Waals surface area contributed by atoms with Crippen LogP contribution in [-0.2, 0) is 35.0 Å². The summed E-state index contributed by atoms with van der Waals surface area (Å²) in [5.41, 5.74) is 0.807. The summed E-state index contributed by atoms with van der Waals surface area (Å²) in [5.74, 6) is -2.79. The third-order valence-electron chi connectivity index (χ3n) is 5.85. The third kappa shape index (κ3) is 10.3. The lowest BCUT2D eigenvalue weighted by atomic mass is 9.95. The molecule has 0 amide bonds. The highest BCUT2D eigenvalue weighted by Gasteiger charge is 2.28. The molecule has 0 radical (unpaired) electrons. The van der Waals surface area contributed by atoms with Crippen LogP contribution in [0.2, 0.25) is 0 Å². The van der Waals surface area contributed by atoms with E-state index in [2.05, 4.69) is 4.98 Å². The first-order valence-corrected chi connectivity index (χ1v) is 12.6. The number of nitrogens with zero attached hydrogens (tertiary/aromatic N) is 1. The molecule has 0 saturated carbocycles. The number of carbonyl (C=O) groups excluding carboxylic acids is 3. The van der Waals surface area contributed by atoms with Crippen LogP contribution in [0.1, 0.15) is 43.2 Å². The molecule has 10 nitrogen and oxygen atoms in total. The van der Waals surface area contributed by atoms with E-state index in [1.54, 1.807) is 40.0 Å². The fourth-order valence-electron chi connectivity index (χ4n) is 3.66. The number of hydrogen-bond acceptors (Lipinski definition) is 10. The van der Waals surface area contributed by atoms with E-state index in [-0.39, 0.29) is 42.0 Å². The van der Waals surface area contributed by atoms with Gasteiger partial charge < -0.3 is 28.4 Å². The lowest BCUT2D eigenvalue weighted by Crippen LogP contribution is -2.31. The van der Waals surface area contributed by atoms with Crippen molar-refractivity contribution in [1.82, 2.24) is 4.98 Å². The molecule has 1 aromatic heterocycles. The first-order chi connectivity index (χ1) is 18.7. The Morgan fingerprint density at radius 1 is 1.05 bits per heavy atom. The van der Waals surface area contributed by atoms with Crippen molar-refractivity contribution in [3.8, 4) is 11.5 Å². The molecule has 2 aromatic rings. The number of ether oxygens (including phenoxy) is 6. The Morgan fingerprint density at radius 2 is 1.77 bits per heavy atom. The van der Waals surface area contributed by atoms with Gasteiger partial charge >= 0.3 is 11.9 Å². The summed E-state index contributed by atoms with van der Waals surface area (Å²) in [6, 6.07) is 7.59. The molecule has 0 unspecified atom stereocenters. The van der Waals surface area contributed by atoms with Gasteiger partial charge in [0.25, 0.3) is 0 Å². The molecule has 3 atom stereocenters. The monoisotopic (exact) mass is 549 g/mol. The van der Waals surface area contributed by atoms with E-state index < -0.39 is 36.5 Å². The summed E-state index contributed by atoms with van der Waals surface area (Å²) in [6.07, 6.45) is 1.15. The highest BCUT2D eigenvalue weighted by molar-refractivity contribution is 5.99. The van der Waals surface area contributed by atoms with Crippen LogP contribution in [0.4, 0.5) is 4.39 Å². The first-order valence-electron chi connectivity index (χ1n) is 12.6. The van der Waals surface area contributed by atoms with Gasteiger partial charge in [0.2, 0.25) is 6.79 Å². The van der Waals surface area contributed by atoms with Gasteiger partial charge in [-0.15, -0.1) is 0 Å². The number of methoxy groups -OCH3 is 2. The lowest BCUT2D eigenvalue weighted by molar-refractivity contribution is -0.156. The average molecular weight is 550 g/mol. The maximum atomic E-state index is 13.3. The van der Waals surface area contributed by atoms with E-state index in [4.69, 9.17) is 28.4 Å². The zero-order valence-corrected chi connectivity index (χ0v) is 22.9. The third-order valence-corrected chi connectivity index (χ3v) is 5.85. The van der Waals surface area contributed by atoms with Crippen LogP contribution in [0.15, 0.2) is 36.5 Å². The van der Waals surface area contributed by atoms with Gasteiger partial charge in [0.15, 0.2) is 23.0 Å². The van der Waals surface area contributed by atoms with E-state index in [1.165, 1.54) is 31.5 Å². The van der Waals surface area contributed by atoms with E-state index in [0.717, 1.165) is 5.56 Å². The van der Waals surface area contributed by atoms with Crippen molar-refractivity contribution in [3.05, 3.63) is 53.6 Å². The van der Waals surface area contributed by atoms with Gasteiger partial charge in [-0.05, 0) is 38.0 Å². The summed E-state index contributed by atoms with van der Waals surface area (Å²) in [5, 5.41) is 0. The van der Waals surface area contributed by atoms with Crippen LogP contribution >= 0.6 is 0 Å². The van der Waals surface area contributed by atoms with Crippen LogP contribution in [-0.4, -0.2) is 69.6 Å². The van der Waals surface area contributed by atoms with Gasteiger partial charge in [-0.2, -0.15) is 0 Å². The molecule has 0 N–H and O–H groups in total. The van der Waals surface area contributed by atoms with E-state index in [1.807, 2.05) is 0 Å². The highest BCUT2D eigenvalue weighted by Crippen LogP contribution is 2.31. The SMILES string of the molecule is CCOCC(=O)OCOc1c(OC)ccnc1C(=O)C[C@@H](C)C(=O)O[C@@H](C)[C@@H](COC)Cc1ccc(F)cc1. The standard InChI is InChI=1S/C28H36FNO9/c1-6-36-16-25(32)37-17-38-27-24(35-5)11-12-30-26(27)23(31)13-18(2)28(33)39-19(3)21(15-34-4)14-20-7-9-22(29)10-8-20/h7-12,18-19,21H,6,13-17H2,1-5H3/t18-,19+,21-/m1/s1. The van der Waals surface area contributed by atoms with Crippen molar-refractivity contribution in [2.75, 3.05) is 40.8 Å². The predicted molar refractivity (Wildman–Crippen MR) is 138 cm³/mol. The smallest absolute Gasteiger partial charge is 0.334 e. The number of hydrogen-bond donors (Lipinski definition) is 0. The number of aromatic nitrogens is 1. The number of ketones is 1. The van der Waals surface area contributed by atoms with Gasteiger partial charge in [0, 0.05) is 38.3 Å². The van der Waals surface area contributed by atoms with Gasteiger partial charge in [0.1, 0.15) is 18.5 Å². The first kappa shape index (κ1) is 31.6. The molecular weight excluding hydrogens is 513 g/mol. The maximum Gasteiger partial charge on any atom is 0.334 e. The molecule has 0 aliphatic carbocycles. The number of carbonyl (C=O) groups is 3. The normalized spacial score (nSPS) is 13.2. The predicted octanol–water partition coefficient (Wildman–Crippen LogP) is 3.79. The van der Waals surface area contributed by atoms with Crippen LogP contribution in [0.3, 0.4) is 0 Å². The topological polar surface area (TPSA) is 119 Å². The molecule has 2 rings (SSSR count). The molecule has 0 saturated heterocycles. The molecular formula is C28H36FNO9. The van der Waals surface area contributed by atoms with Crippen molar-refractivity contribution < 1.29 is 47.2 Å². The summed E-state index contributed by atoms with van der Waals surface area (Å²) in [7, 11) is 2.94. The summed E-state index contributed by atoms with van der Waals surface area (Å²) < 4.78 is 44.9. The molecule has 1 aromatic carbocycles. The van der Waals surface area contributed by atoms with Crippen molar-refractivity contribution >= 4 is 17.7 Å². The van der Waals surface area contributed by atoms with Gasteiger partial charge in [-0.25, -0.2) is 14.2 Å². The summed E-state index contributed by atoms with van der Waals surface area (Å²) in [6.45, 7) is 5.03. The van der Waals surface area contributed by atoms with Crippen LogP contribution in [0, 0.1) is 17.7 Å². The Kier molecular flexibility index (Phi) is 13.3. The molecule has 0 aliphatic rings. The van der Waals surface area contributed by atoms with Gasteiger partial charge in [0.05, 0.1) is 19.6 Å². The van der Waals surface area contributed by atoms with Crippen molar-refractivity contribution in [2.45, 2.75) is 39.7 Å². The molecule has 214 valence electrons. The Labute approximate surface area is 227 Å².